The largest absolute Gasteiger partial charge is 0.464 e. The molecule has 34 heavy (non-hydrogen) atoms. The molecule has 5 rings (SSSR count). The summed E-state index contributed by atoms with van der Waals surface area (Å²) in [6.45, 7) is 5.10. The molecule has 174 valence electrons. The minimum atomic E-state index is 0.0397. The fourth-order valence-electron chi connectivity index (χ4n) is 4.55. The first-order valence-electron chi connectivity index (χ1n) is 11.7. The second-order valence-electron chi connectivity index (χ2n) is 8.85. The zero-order valence-corrected chi connectivity index (χ0v) is 19.4. The summed E-state index contributed by atoms with van der Waals surface area (Å²) in [5, 5.41) is 4.56. The number of nitrogens with one attached hydrogen (secondary N) is 1. The molecule has 2 aromatic carbocycles. The summed E-state index contributed by atoms with van der Waals surface area (Å²) in [6, 6.07) is 19.9. The van der Waals surface area contributed by atoms with Gasteiger partial charge in [-0.1, -0.05) is 24.3 Å². The van der Waals surface area contributed by atoms with Gasteiger partial charge in [0, 0.05) is 41.8 Å². The standard InChI is InChI=1S/C28H29N3O3/c1-20-8-9-23(16-26(20)30-17-24-6-2-3-11-29-24)28(32)31-12-14-33-19-21(18-31)15-22-5-4-7-27-25(22)10-13-34-27/h2-11,13,16,21,30H,12,14-15,17-19H2,1H3. The summed E-state index contributed by atoms with van der Waals surface area (Å²) < 4.78 is 11.4. The van der Waals surface area contributed by atoms with E-state index in [2.05, 4.69) is 16.4 Å². The van der Waals surface area contributed by atoms with Gasteiger partial charge in [-0.05, 0) is 60.9 Å². The number of pyridine rings is 1. The van der Waals surface area contributed by atoms with Crippen LogP contribution in [0.1, 0.15) is 27.2 Å². The third kappa shape index (κ3) is 4.97. The van der Waals surface area contributed by atoms with Gasteiger partial charge in [0.1, 0.15) is 5.58 Å². The number of furan rings is 1. The van der Waals surface area contributed by atoms with Crippen LogP contribution >= 0.6 is 0 Å². The van der Waals surface area contributed by atoms with Crippen molar-refractivity contribution in [3.05, 3.63) is 95.5 Å². The Labute approximate surface area is 199 Å². The molecule has 1 amide bonds. The van der Waals surface area contributed by atoms with Gasteiger partial charge in [0.15, 0.2) is 0 Å². The van der Waals surface area contributed by atoms with Crippen molar-refractivity contribution < 1.29 is 13.9 Å². The second-order valence-corrected chi connectivity index (χ2v) is 8.85. The lowest BCUT2D eigenvalue weighted by Crippen LogP contribution is -2.36. The van der Waals surface area contributed by atoms with Crippen LogP contribution in [-0.2, 0) is 17.7 Å². The Bertz CT molecular complexity index is 1270. The Kier molecular flexibility index (Phi) is 6.58. The maximum atomic E-state index is 13.5. The van der Waals surface area contributed by atoms with Crippen LogP contribution in [0.3, 0.4) is 0 Å². The molecule has 0 saturated carbocycles. The van der Waals surface area contributed by atoms with Crippen LogP contribution in [0, 0.1) is 12.8 Å². The van der Waals surface area contributed by atoms with E-state index in [1.807, 2.05) is 66.4 Å². The number of aryl methyl sites for hydroxylation is 1. The van der Waals surface area contributed by atoms with Crippen LogP contribution < -0.4 is 5.32 Å². The SMILES string of the molecule is Cc1ccc(C(=O)N2CCOCC(Cc3cccc4occc34)C2)cc1NCc1ccccn1. The third-order valence-electron chi connectivity index (χ3n) is 6.39. The summed E-state index contributed by atoms with van der Waals surface area (Å²) >= 11 is 0. The molecule has 1 N–H and O–H groups in total. The van der Waals surface area contributed by atoms with Crippen molar-refractivity contribution in [2.75, 3.05) is 31.6 Å². The molecule has 3 heterocycles. The highest BCUT2D eigenvalue weighted by atomic mass is 16.5. The number of hydrogen-bond acceptors (Lipinski definition) is 5. The summed E-state index contributed by atoms with van der Waals surface area (Å²) in [4.78, 5) is 19.8. The molecule has 1 aliphatic rings. The van der Waals surface area contributed by atoms with Crippen molar-refractivity contribution in [3.63, 3.8) is 0 Å². The molecule has 1 aliphatic heterocycles. The predicted molar refractivity (Wildman–Crippen MR) is 133 cm³/mol. The number of nitrogens with zero attached hydrogens (tertiary/aromatic N) is 2. The van der Waals surface area contributed by atoms with E-state index in [9.17, 15) is 4.79 Å². The van der Waals surface area contributed by atoms with Gasteiger partial charge in [0.2, 0.25) is 0 Å². The van der Waals surface area contributed by atoms with Gasteiger partial charge in [-0.3, -0.25) is 9.78 Å². The van der Waals surface area contributed by atoms with Crippen LogP contribution in [0.15, 0.2) is 77.5 Å². The molecule has 1 atom stereocenters. The van der Waals surface area contributed by atoms with Crippen molar-refractivity contribution in [2.45, 2.75) is 19.9 Å². The van der Waals surface area contributed by atoms with Crippen LogP contribution in [0.2, 0.25) is 0 Å². The van der Waals surface area contributed by atoms with E-state index in [0.717, 1.165) is 34.3 Å². The van der Waals surface area contributed by atoms with Crippen molar-refractivity contribution in [1.29, 1.82) is 0 Å². The Morgan fingerprint density at radius 1 is 1.15 bits per heavy atom. The third-order valence-corrected chi connectivity index (χ3v) is 6.39. The van der Waals surface area contributed by atoms with E-state index in [4.69, 9.17) is 9.15 Å². The molecule has 1 saturated heterocycles. The number of benzene rings is 2. The topological polar surface area (TPSA) is 67.6 Å². The van der Waals surface area contributed by atoms with Gasteiger partial charge in [-0.15, -0.1) is 0 Å². The zero-order chi connectivity index (χ0) is 23.3. The number of ether oxygens (including phenoxy) is 1. The molecule has 1 unspecified atom stereocenters. The van der Waals surface area contributed by atoms with Crippen molar-refractivity contribution >= 4 is 22.6 Å². The molecule has 0 spiro atoms. The Hall–Kier alpha value is -3.64. The maximum Gasteiger partial charge on any atom is 0.254 e. The zero-order valence-electron chi connectivity index (χ0n) is 19.4. The molecule has 0 aliphatic carbocycles. The van der Waals surface area contributed by atoms with E-state index in [-0.39, 0.29) is 11.8 Å². The van der Waals surface area contributed by atoms with Gasteiger partial charge in [0.25, 0.3) is 5.91 Å². The Balaban J connectivity index is 1.29. The first kappa shape index (κ1) is 22.2. The summed E-state index contributed by atoms with van der Waals surface area (Å²) in [6.07, 6.45) is 4.35. The normalized spacial score (nSPS) is 16.4. The Morgan fingerprint density at radius 3 is 2.97 bits per heavy atom. The number of carbonyl (C=O) groups is 1. The van der Waals surface area contributed by atoms with Crippen molar-refractivity contribution in [1.82, 2.24) is 9.88 Å². The first-order valence-corrected chi connectivity index (χ1v) is 11.7. The molecule has 6 heteroatoms. The molecule has 6 nitrogen and oxygen atoms in total. The summed E-state index contributed by atoms with van der Waals surface area (Å²) in [5.41, 5.74) is 5.81. The average Bonchev–Trinajstić information content (AvgIpc) is 3.24. The smallest absolute Gasteiger partial charge is 0.254 e. The quantitative estimate of drug-likeness (QED) is 0.439. The molecule has 0 radical (unpaired) electrons. The number of rotatable bonds is 6. The molecule has 4 aromatic rings. The summed E-state index contributed by atoms with van der Waals surface area (Å²) in [7, 11) is 0. The first-order chi connectivity index (χ1) is 16.7. The van der Waals surface area contributed by atoms with Crippen LogP contribution in [-0.4, -0.2) is 42.1 Å². The lowest BCUT2D eigenvalue weighted by molar-refractivity contribution is 0.0737. The highest BCUT2D eigenvalue weighted by molar-refractivity contribution is 5.95. The minimum absolute atomic E-state index is 0.0397. The number of hydrogen-bond donors (Lipinski definition) is 1. The van der Waals surface area contributed by atoms with E-state index in [1.54, 1.807) is 12.5 Å². The lowest BCUT2D eigenvalue weighted by atomic mass is 9.97. The van der Waals surface area contributed by atoms with Gasteiger partial charge < -0.3 is 19.4 Å². The molecule has 0 bridgehead atoms. The molecular formula is C28H29N3O3. The molecule has 2 aromatic heterocycles. The van der Waals surface area contributed by atoms with Crippen molar-refractivity contribution in [2.24, 2.45) is 5.92 Å². The van der Waals surface area contributed by atoms with E-state index < -0.39 is 0 Å². The van der Waals surface area contributed by atoms with Gasteiger partial charge >= 0.3 is 0 Å². The monoisotopic (exact) mass is 455 g/mol. The molecule has 1 fully saturated rings. The minimum Gasteiger partial charge on any atom is -0.464 e. The number of anilines is 1. The van der Waals surface area contributed by atoms with Crippen LogP contribution in [0.5, 0.6) is 0 Å². The highest BCUT2D eigenvalue weighted by Crippen LogP contribution is 2.25. The number of amides is 1. The fourth-order valence-corrected chi connectivity index (χ4v) is 4.55. The number of fused-ring (bicyclic) bond motifs is 1. The van der Waals surface area contributed by atoms with E-state index in [0.29, 0.717) is 38.4 Å². The highest BCUT2D eigenvalue weighted by Gasteiger charge is 2.24. The van der Waals surface area contributed by atoms with Crippen LogP contribution in [0.25, 0.3) is 11.0 Å². The van der Waals surface area contributed by atoms with Crippen molar-refractivity contribution in [3.8, 4) is 0 Å². The number of carbonyl (C=O) groups excluding carboxylic acids is 1. The van der Waals surface area contributed by atoms with E-state index >= 15 is 0 Å². The van der Waals surface area contributed by atoms with Crippen LogP contribution in [0.4, 0.5) is 5.69 Å². The fraction of sp³-hybridized carbons (Fsp3) is 0.286. The summed E-state index contributed by atoms with van der Waals surface area (Å²) in [5.74, 6) is 0.261. The molecular weight excluding hydrogens is 426 g/mol. The number of aromatic nitrogens is 1. The van der Waals surface area contributed by atoms with Gasteiger partial charge in [-0.25, -0.2) is 0 Å². The predicted octanol–water partition coefficient (Wildman–Crippen LogP) is 5.08. The lowest BCUT2D eigenvalue weighted by Gasteiger charge is -2.24. The second kappa shape index (κ2) is 10.1. The maximum absolute atomic E-state index is 13.5. The average molecular weight is 456 g/mol. The van der Waals surface area contributed by atoms with E-state index in [1.165, 1.54) is 5.56 Å². The van der Waals surface area contributed by atoms with Gasteiger partial charge in [-0.2, -0.15) is 0 Å². The van der Waals surface area contributed by atoms with Gasteiger partial charge in [0.05, 0.1) is 31.7 Å². The Morgan fingerprint density at radius 2 is 2.09 bits per heavy atom.